The number of aliphatic imine (C=N–C) groups is 2. The molecular weight excluding hydrogens is 324 g/mol. The Labute approximate surface area is 145 Å². The number of amidine groups is 2. The molecule has 120 valence electrons. The minimum Gasteiger partial charge on any atom is -0.360 e. The lowest BCUT2D eigenvalue weighted by Crippen LogP contribution is -2.32. The third kappa shape index (κ3) is 3.58. The minimum absolute atomic E-state index is 0.430. The van der Waals surface area contributed by atoms with Crippen molar-refractivity contribution in [1.82, 2.24) is 10.2 Å². The molecule has 0 bridgehead atoms. The molecule has 0 aromatic heterocycles. The molecule has 1 atom stereocenters. The van der Waals surface area contributed by atoms with E-state index in [2.05, 4.69) is 55.9 Å². The van der Waals surface area contributed by atoms with E-state index >= 15 is 0 Å². The number of hydrogen-bond donors (Lipinski definition) is 1. The van der Waals surface area contributed by atoms with Crippen molar-refractivity contribution in [3.63, 3.8) is 0 Å². The van der Waals surface area contributed by atoms with Gasteiger partial charge in [0.25, 0.3) is 0 Å². The van der Waals surface area contributed by atoms with Crippen LogP contribution in [-0.4, -0.2) is 46.7 Å². The largest absolute Gasteiger partial charge is 0.360 e. The van der Waals surface area contributed by atoms with Gasteiger partial charge in [0.2, 0.25) is 0 Å². The zero-order chi connectivity index (χ0) is 15.5. The first-order chi connectivity index (χ1) is 11.4. The highest BCUT2D eigenvalue weighted by Crippen LogP contribution is 2.31. The number of thioether (sulfide) groups is 2. The summed E-state index contributed by atoms with van der Waals surface area (Å²) in [4.78, 5) is 11.6. The summed E-state index contributed by atoms with van der Waals surface area (Å²) in [5, 5.41) is 8.07. The summed E-state index contributed by atoms with van der Waals surface area (Å²) < 4.78 is 0. The lowest BCUT2D eigenvalue weighted by atomic mass is 10.1. The molecular formula is C17H20N4S2. The van der Waals surface area contributed by atoms with E-state index in [0.717, 1.165) is 43.4 Å². The smallest absolute Gasteiger partial charge is 0.167 e. The zero-order valence-electron chi connectivity index (χ0n) is 12.9. The molecule has 0 amide bonds. The predicted molar refractivity (Wildman–Crippen MR) is 101 cm³/mol. The van der Waals surface area contributed by atoms with Gasteiger partial charge in [-0.3, -0.25) is 9.98 Å². The minimum atomic E-state index is 0.430. The Kier molecular flexibility index (Phi) is 4.62. The first-order valence-electron chi connectivity index (χ1n) is 8.04. The van der Waals surface area contributed by atoms with Crippen molar-refractivity contribution in [3.05, 3.63) is 47.0 Å². The van der Waals surface area contributed by atoms with Gasteiger partial charge in [-0.25, -0.2) is 0 Å². The van der Waals surface area contributed by atoms with Crippen molar-refractivity contribution in [2.45, 2.75) is 18.9 Å². The van der Waals surface area contributed by atoms with Crippen molar-refractivity contribution in [2.24, 2.45) is 9.98 Å². The number of hydrogen-bond acceptors (Lipinski definition) is 6. The molecule has 0 radical (unpaired) electrons. The summed E-state index contributed by atoms with van der Waals surface area (Å²) in [6, 6.07) is 11.1. The number of rotatable bonds is 4. The summed E-state index contributed by atoms with van der Waals surface area (Å²) in [5.74, 6) is 0.968. The van der Waals surface area contributed by atoms with Crippen LogP contribution in [0.5, 0.6) is 0 Å². The van der Waals surface area contributed by atoms with E-state index in [4.69, 9.17) is 0 Å². The van der Waals surface area contributed by atoms with Gasteiger partial charge in [0.15, 0.2) is 10.3 Å². The maximum absolute atomic E-state index is 4.66. The molecule has 4 nitrogen and oxygen atoms in total. The Balaban J connectivity index is 1.26. The maximum atomic E-state index is 4.66. The highest BCUT2D eigenvalue weighted by molar-refractivity contribution is 8.17. The summed E-state index contributed by atoms with van der Waals surface area (Å²) in [6.07, 6.45) is 2.19. The average Bonchev–Trinajstić information content (AvgIpc) is 3.21. The first-order valence-corrected chi connectivity index (χ1v) is 9.90. The quantitative estimate of drug-likeness (QED) is 0.912. The molecule has 3 heterocycles. The zero-order valence-corrected chi connectivity index (χ0v) is 14.6. The highest BCUT2D eigenvalue weighted by Gasteiger charge is 2.26. The Morgan fingerprint density at radius 3 is 3.09 bits per heavy atom. The first kappa shape index (κ1) is 15.1. The third-order valence-electron chi connectivity index (χ3n) is 4.13. The molecule has 3 aliphatic heterocycles. The average molecular weight is 345 g/mol. The molecule has 0 aliphatic carbocycles. The van der Waals surface area contributed by atoms with Crippen LogP contribution in [0.2, 0.25) is 0 Å². The Hall–Kier alpha value is -1.40. The molecule has 6 heteroatoms. The second-order valence-electron chi connectivity index (χ2n) is 5.86. The molecule has 3 aliphatic rings. The highest BCUT2D eigenvalue weighted by atomic mass is 32.2. The number of nitrogens with one attached hydrogen (secondary N) is 1. The van der Waals surface area contributed by atoms with E-state index < -0.39 is 0 Å². The second-order valence-corrected chi connectivity index (χ2v) is 7.66. The van der Waals surface area contributed by atoms with E-state index in [-0.39, 0.29) is 0 Å². The monoisotopic (exact) mass is 344 g/mol. The van der Waals surface area contributed by atoms with Crippen LogP contribution in [0.15, 0.2) is 51.4 Å². The Morgan fingerprint density at radius 1 is 1.26 bits per heavy atom. The van der Waals surface area contributed by atoms with Gasteiger partial charge >= 0.3 is 0 Å². The van der Waals surface area contributed by atoms with Gasteiger partial charge in [-0.05, 0) is 23.8 Å². The molecule has 1 aromatic rings. The fraction of sp³-hybridized carbons (Fsp3) is 0.412. The van der Waals surface area contributed by atoms with Crippen LogP contribution in [-0.2, 0) is 6.42 Å². The molecule has 23 heavy (non-hydrogen) atoms. The molecule has 0 spiro atoms. The molecule has 4 rings (SSSR count). The second kappa shape index (κ2) is 7.01. The fourth-order valence-corrected chi connectivity index (χ4v) is 4.95. The van der Waals surface area contributed by atoms with Crippen LogP contribution in [0, 0.1) is 0 Å². The summed E-state index contributed by atoms with van der Waals surface area (Å²) in [7, 11) is 0. The topological polar surface area (TPSA) is 40.0 Å². The van der Waals surface area contributed by atoms with Crippen molar-refractivity contribution >= 4 is 33.9 Å². The molecule has 1 aromatic carbocycles. The molecule has 0 saturated heterocycles. The molecule has 1 unspecified atom stereocenters. The normalized spacial score (nSPS) is 23.0. The molecule has 1 N–H and O–H groups in total. The number of benzene rings is 1. The summed E-state index contributed by atoms with van der Waals surface area (Å²) in [5.41, 5.74) is 2.74. The van der Waals surface area contributed by atoms with Gasteiger partial charge < -0.3 is 10.2 Å². The van der Waals surface area contributed by atoms with Gasteiger partial charge in [-0.2, -0.15) is 0 Å². The van der Waals surface area contributed by atoms with E-state index in [1.165, 1.54) is 16.4 Å². The predicted octanol–water partition coefficient (Wildman–Crippen LogP) is 2.94. The lowest BCUT2D eigenvalue weighted by molar-refractivity contribution is 0.491. The molecule has 0 saturated carbocycles. The number of nitrogens with zero attached hydrogens (tertiary/aromatic N) is 3. The summed E-state index contributed by atoms with van der Waals surface area (Å²) in [6.45, 7) is 2.96. The van der Waals surface area contributed by atoms with Gasteiger partial charge in [-0.15, -0.1) is 0 Å². The standard InChI is InChI=1S/C17H20N4S2/c1-2-5-13(6-3-1)9-14-10-19-16(20-14)22-11-15-12-23-17-18-7-4-8-21(15)17/h1-3,5-6,12,14H,4,7-11H2,(H,19,20). The van der Waals surface area contributed by atoms with Crippen LogP contribution in [0.25, 0.3) is 0 Å². The maximum Gasteiger partial charge on any atom is 0.167 e. The molecule has 0 fully saturated rings. The van der Waals surface area contributed by atoms with Gasteiger partial charge in [0, 0.05) is 24.5 Å². The lowest BCUT2D eigenvalue weighted by Gasteiger charge is -2.25. The van der Waals surface area contributed by atoms with Gasteiger partial charge in [0.05, 0.1) is 12.6 Å². The number of fused-ring (bicyclic) bond motifs is 1. The van der Waals surface area contributed by atoms with Crippen LogP contribution < -0.4 is 5.32 Å². The Bertz CT molecular complexity index is 654. The summed E-state index contributed by atoms with van der Waals surface area (Å²) >= 11 is 3.57. The third-order valence-corrected chi connectivity index (χ3v) is 6.04. The van der Waals surface area contributed by atoms with Gasteiger partial charge in [0.1, 0.15) is 0 Å². The van der Waals surface area contributed by atoms with Gasteiger partial charge in [-0.1, -0.05) is 53.9 Å². The van der Waals surface area contributed by atoms with Crippen molar-refractivity contribution < 1.29 is 0 Å². The van der Waals surface area contributed by atoms with Crippen molar-refractivity contribution in [3.8, 4) is 0 Å². The van der Waals surface area contributed by atoms with E-state index in [0.29, 0.717) is 6.04 Å². The van der Waals surface area contributed by atoms with Crippen LogP contribution >= 0.6 is 23.5 Å². The van der Waals surface area contributed by atoms with Crippen molar-refractivity contribution in [2.75, 3.05) is 25.4 Å². The van der Waals surface area contributed by atoms with Crippen molar-refractivity contribution in [1.29, 1.82) is 0 Å². The van der Waals surface area contributed by atoms with E-state index in [1.807, 2.05) is 11.8 Å². The SMILES string of the molecule is C1=C(CSC2=NCC(Cc3ccccc3)N2)N2CCCN=C2S1. The Morgan fingerprint density at radius 2 is 2.17 bits per heavy atom. The van der Waals surface area contributed by atoms with Crippen LogP contribution in [0.1, 0.15) is 12.0 Å². The van der Waals surface area contributed by atoms with E-state index in [1.54, 1.807) is 11.8 Å². The van der Waals surface area contributed by atoms with Crippen LogP contribution in [0.3, 0.4) is 0 Å². The fourth-order valence-electron chi connectivity index (χ4n) is 2.95. The van der Waals surface area contributed by atoms with E-state index in [9.17, 15) is 0 Å². The van der Waals surface area contributed by atoms with Crippen LogP contribution in [0.4, 0.5) is 0 Å².